The number of nitrogens with zero attached hydrogens (tertiary/aromatic N) is 3. The average Bonchev–Trinajstić information content (AvgIpc) is 3.28. The van der Waals surface area contributed by atoms with Crippen molar-refractivity contribution in [3.05, 3.63) is 53.7 Å². The van der Waals surface area contributed by atoms with E-state index in [2.05, 4.69) is 15.0 Å². The minimum absolute atomic E-state index is 0.0367. The highest BCUT2D eigenvalue weighted by Gasteiger charge is 2.30. The van der Waals surface area contributed by atoms with Crippen molar-refractivity contribution in [2.45, 2.75) is 19.3 Å². The summed E-state index contributed by atoms with van der Waals surface area (Å²) >= 11 is 0. The first-order chi connectivity index (χ1) is 12.2. The molecule has 0 spiro atoms. The van der Waals surface area contributed by atoms with Crippen molar-refractivity contribution in [1.82, 2.24) is 19.9 Å². The molecule has 0 bridgehead atoms. The van der Waals surface area contributed by atoms with Gasteiger partial charge in [-0.2, -0.15) is 0 Å². The molecule has 1 unspecified atom stereocenters. The molecule has 0 aliphatic carbocycles. The summed E-state index contributed by atoms with van der Waals surface area (Å²) < 4.78 is 5.28. The number of rotatable bonds is 3. The number of hydrogen-bond acceptors (Lipinski definition) is 4. The van der Waals surface area contributed by atoms with Crippen molar-refractivity contribution in [3.8, 4) is 5.75 Å². The van der Waals surface area contributed by atoms with E-state index in [1.807, 2.05) is 36.1 Å². The maximum Gasteiger partial charge on any atom is 0.256 e. The summed E-state index contributed by atoms with van der Waals surface area (Å²) in [6, 6.07) is 7.60. The van der Waals surface area contributed by atoms with E-state index >= 15 is 0 Å². The van der Waals surface area contributed by atoms with E-state index in [9.17, 15) is 4.79 Å². The lowest BCUT2D eigenvalue weighted by Crippen LogP contribution is -2.28. The number of fused-ring (bicyclic) bond motifs is 1. The topological polar surface area (TPSA) is 71.1 Å². The zero-order valence-electron chi connectivity index (χ0n) is 14.3. The lowest BCUT2D eigenvalue weighted by Gasteiger charge is -2.16. The van der Waals surface area contributed by atoms with Crippen LogP contribution in [0.3, 0.4) is 0 Å². The average molecular weight is 336 g/mol. The molecule has 1 fully saturated rings. The molecule has 3 aromatic rings. The van der Waals surface area contributed by atoms with E-state index in [0.717, 1.165) is 41.1 Å². The minimum Gasteiger partial charge on any atom is -0.497 e. The van der Waals surface area contributed by atoms with Crippen LogP contribution in [0.1, 0.15) is 34.2 Å². The van der Waals surface area contributed by atoms with Gasteiger partial charge in [0.05, 0.1) is 12.7 Å². The Labute approximate surface area is 145 Å². The smallest absolute Gasteiger partial charge is 0.256 e. The molecule has 25 heavy (non-hydrogen) atoms. The van der Waals surface area contributed by atoms with Gasteiger partial charge in [-0.3, -0.25) is 4.79 Å². The molecule has 128 valence electrons. The fourth-order valence-corrected chi connectivity index (χ4v) is 3.39. The lowest BCUT2D eigenvalue weighted by molar-refractivity contribution is 0.0792. The minimum atomic E-state index is 0.0367. The molecule has 4 rings (SSSR count). The SMILES string of the molecule is COc1ccc2[nH]cc(C(=O)N3CCC(c4nccc(C)n4)C3)c2c1. The number of amides is 1. The van der Waals surface area contributed by atoms with E-state index in [0.29, 0.717) is 12.1 Å². The second-order valence-electron chi connectivity index (χ2n) is 6.41. The summed E-state index contributed by atoms with van der Waals surface area (Å²) in [7, 11) is 1.63. The Morgan fingerprint density at radius 1 is 1.36 bits per heavy atom. The van der Waals surface area contributed by atoms with Crippen LogP contribution >= 0.6 is 0 Å². The van der Waals surface area contributed by atoms with Gasteiger partial charge in [-0.25, -0.2) is 9.97 Å². The van der Waals surface area contributed by atoms with Crippen molar-refractivity contribution in [1.29, 1.82) is 0 Å². The Balaban J connectivity index is 1.58. The van der Waals surface area contributed by atoms with Crippen LogP contribution < -0.4 is 4.74 Å². The van der Waals surface area contributed by atoms with Crippen LogP contribution in [0.15, 0.2) is 36.7 Å². The van der Waals surface area contributed by atoms with E-state index in [1.54, 1.807) is 19.5 Å². The van der Waals surface area contributed by atoms with Gasteiger partial charge in [0, 0.05) is 48.0 Å². The van der Waals surface area contributed by atoms with E-state index in [1.165, 1.54) is 0 Å². The number of carbonyl (C=O) groups is 1. The monoisotopic (exact) mass is 336 g/mol. The van der Waals surface area contributed by atoms with Gasteiger partial charge < -0.3 is 14.6 Å². The van der Waals surface area contributed by atoms with Gasteiger partial charge in [0.1, 0.15) is 11.6 Å². The van der Waals surface area contributed by atoms with Gasteiger partial charge in [0.2, 0.25) is 0 Å². The molecule has 0 radical (unpaired) electrons. The third-order valence-electron chi connectivity index (χ3n) is 4.77. The highest BCUT2D eigenvalue weighted by Crippen LogP contribution is 2.29. The number of H-pyrrole nitrogens is 1. The van der Waals surface area contributed by atoms with Crippen LogP contribution in [-0.2, 0) is 0 Å². The molecule has 1 aliphatic rings. The molecule has 1 atom stereocenters. The number of benzene rings is 1. The van der Waals surface area contributed by atoms with Crippen LogP contribution in [0, 0.1) is 6.92 Å². The van der Waals surface area contributed by atoms with Crippen molar-refractivity contribution in [2.24, 2.45) is 0 Å². The number of aromatic nitrogens is 3. The number of aryl methyl sites for hydroxylation is 1. The summed E-state index contributed by atoms with van der Waals surface area (Å²) in [6.07, 6.45) is 4.46. The van der Waals surface area contributed by atoms with Gasteiger partial charge in [-0.05, 0) is 37.6 Å². The summed E-state index contributed by atoms with van der Waals surface area (Å²) in [6.45, 7) is 3.33. The summed E-state index contributed by atoms with van der Waals surface area (Å²) in [4.78, 5) is 26.9. The zero-order chi connectivity index (χ0) is 17.4. The van der Waals surface area contributed by atoms with Crippen LogP contribution in [0.2, 0.25) is 0 Å². The van der Waals surface area contributed by atoms with E-state index in [-0.39, 0.29) is 11.8 Å². The molecule has 1 amide bonds. The highest BCUT2D eigenvalue weighted by atomic mass is 16.5. The normalized spacial score (nSPS) is 17.2. The first-order valence-corrected chi connectivity index (χ1v) is 8.39. The maximum atomic E-state index is 13.0. The molecule has 0 saturated carbocycles. The van der Waals surface area contributed by atoms with Gasteiger partial charge >= 0.3 is 0 Å². The van der Waals surface area contributed by atoms with Crippen molar-refractivity contribution < 1.29 is 9.53 Å². The fraction of sp³-hybridized carbons (Fsp3) is 0.316. The first kappa shape index (κ1) is 15.6. The van der Waals surface area contributed by atoms with Gasteiger partial charge in [0.15, 0.2) is 0 Å². The summed E-state index contributed by atoms with van der Waals surface area (Å²) in [5.74, 6) is 1.81. The van der Waals surface area contributed by atoms with Crippen LogP contribution in [0.25, 0.3) is 10.9 Å². The van der Waals surface area contributed by atoms with Crippen molar-refractivity contribution in [2.75, 3.05) is 20.2 Å². The number of carbonyl (C=O) groups excluding carboxylic acids is 1. The lowest BCUT2D eigenvalue weighted by atomic mass is 10.1. The molecule has 1 N–H and O–H groups in total. The second-order valence-corrected chi connectivity index (χ2v) is 6.41. The highest BCUT2D eigenvalue weighted by molar-refractivity contribution is 6.07. The number of hydrogen-bond donors (Lipinski definition) is 1. The summed E-state index contributed by atoms with van der Waals surface area (Å²) in [5.41, 5.74) is 2.57. The molecule has 3 heterocycles. The number of likely N-dealkylation sites (tertiary alicyclic amines) is 1. The van der Waals surface area contributed by atoms with Crippen LogP contribution in [0.5, 0.6) is 5.75 Å². The zero-order valence-corrected chi connectivity index (χ0v) is 14.3. The largest absolute Gasteiger partial charge is 0.497 e. The Kier molecular flexibility index (Phi) is 3.87. The Hall–Kier alpha value is -2.89. The number of nitrogens with one attached hydrogen (secondary N) is 1. The van der Waals surface area contributed by atoms with Crippen molar-refractivity contribution in [3.63, 3.8) is 0 Å². The molecular formula is C19H20N4O2. The van der Waals surface area contributed by atoms with E-state index in [4.69, 9.17) is 4.74 Å². The van der Waals surface area contributed by atoms with Gasteiger partial charge in [-0.15, -0.1) is 0 Å². The number of aromatic amines is 1. The Bertz CT molecular complexity index is 934. The Morgan fingerprint density at radius 2 is 2.24 bits per heavy atom. The molecule has 1 aliphatic heterocycles. The molecule has 6 nitrogen and oxygen atoms in total. The number of ether oxygens (including phenoxy) is 1. The third kappa shape index (κ3) is 2.84. The first-order valence-electron chi connectivity index (χ1n) is 8.39. The molecular weight excluding hydrogens is 316 g/mol. The third-order valence-corrected chi connectivity index (χ3v) is 4.77. The van der Waals surface area contributed by atoms with Crippen LogP contribution in [0.4, 0.5) is 0 Å². The predicted octanol–water partition coefficient (Wildman–Crippen LogP) is 2.90. The summed E-state index contributed by atoms with van der Waals surface area (Å²) in [5, 5.41) is 0.889. The molecule has 1 saturated heterocycles. The number of methoxy groups -OCH3 is 1. The quantitative estimate of drug-likeness (QED) is 0.798. The maximum absolute atomic E-state index is 13.0. The molecule has 6 heteroatoms. The predicted molar refractivity (Wildman–Crippen MR) is 94.9 cm³/mol. The van der Waals surface area contributed by atoms with Gasteiger partial charge in [0.25, 0.3) is 5.91 Å². The Morgan fingerprint density at radius 3 is 3.04 bits per heavy atom. The molecule has 2 aromatic heterocycles. The second kappa shape index (κ2) is 6.20. The van der Waals surface area contributed by atoms with Crippen molar-refractivity contribution >= 4 is 16.8 Å². The fourth-order valence-electron chi connectivity index (χ4n) is 3.39. The van der Waals surface area contributed by atoms with E-state index < -0.39 is 0 Å². The standard InChI is InChI=1S/C19H20N4O2/c1-12-5-7-20-18(22-12)13-6-8-23(11-13)19(24)16-10-21-17-4-3-14(25-2)9-15(16)17/h3-5,7,9-10,13,21H,6,8,11H2,1-2H3. The molecule has 1 aromatic carbocycles. The van der Waals surface area contributed by atoms with Gasteiger partial charge in [-0.1, -0.05) is 0 Å². The van der Waals surface area contributed by atoms with Crippen LogP contribution in [-0.4, -0.2) is 46.0 Å².